The van der Waals surface area contributed by atoms with Gasteiger partial charge in [0.2, 0.25) is 5.91 Å². The van der Waals surface area contributed by atoms with E-state index in [-0.39, 0.29) is 17.4 Å². The van der Waals surface area contributed by atoms with Gasteiger partial charge in [0.05, 0.1) is 12.5 Å². The lowest BCUT2D eigenvalue weighted by Crippen LogP contribution is -2.52. The SMILES string of the molecule is Cc1ccc(CC(=O)N2CCN(CC(O)C(C)(C)C)CC2)s1. The summed E-state index contributed by atoms with van der Waals surface area (Å²) >= 11 is 1.70. The van der Waals surface area contributed by atoms with Gasteiger partial charge in [-0.3, -0.25) is 9.69 Å². The molecule has 0 bridgehead atoms. The van der Waals surface area contributed by atoms with E-state index in [2.05, 4.69) is 38.7 Å². The molecule has 0 saturated carbocycles. The van der Waals surface area contributed by atoms with Gasteiger partial charge in [-0.15, -0.1) is 11.3 Å². The van der Waals surface area contributed by atoms with Crippen molar-refractivity contribution in [1.29, 1.82) is 0 Å². The van der Waals surface area contributed by atoms with Crippen molar-refractivity contribution < 1.29 is 9.90 Å². The van der Waals surface area contributed by atoms with Gasteiger partial charge in [0, 0.05) is 42.5 Å². The van der Waals surface area contributed by atoms with Crippen molar-refractivity contribution in [3.05, 3.63) is 21.9 Å². The van der Waals surface area contributed by atoms with Crippen LogP contribution in [-0.4, -0.2) is 59.6 Å². The van der Waals surface area contributed by atoms with Gasteiger partial charge in [-0.05, 0) is 24.5 Å². The number of thiophene rings is 1. The Bertz CT molecular complexity index is 499. The molecule has 0 aromatic carbocycles. The number of carbonyl (C=O) groups is 1. The molecule has 1 amide bonds. The number of aliphatic hydroxyl groups excluding tert-OH is 1. The monoisotopic (exact) mass is 324 g/mol. The predicted molar refractivity (Wildman–Crippen MR) is 91.2 cm³/mol. The van der Waals surface area contributed by atoms with E-state index in [0.29, 0.717) is 13.0 Å². The molecule has 1 aliphatic rings. The maximum atomic E-state index is 12.3. The number of rotatable bonds is 4. The van der Waals surface area contributed by atoms with Crippen molar-refractivity contribution in [3.8, 4) is 0 Å². The maximum Gasteiger partial charge on any atom is 0.227 e. The van der Waals surface area contributed by atoms with Gasteiger partial charge in [-0.2, -0.15) is 0 Å². The third-order valence-corrected chi connectivity index (χ3v) is 5.28. The molecule has 1 aromatic rings. The van der Waals surface area contributed by atoms with Crippen LogP contribution in [0.1, 0.15) is 30.5 Å². The normalized spacial score (nSPS) is 18.5. The zero-order valence-electron chi connectivity index (χ0n) is 14.1. The molecule has 1 saturated heterocycles. The summed E-state index contributed by atoms with van der Waals surface area (Å²) < 4.78 is 0. The number of aryl methyl sites for hydroxylation is 1. The number of aliphatic hydroxyl groups is 1. The second-order valence-electron chi connectivity index (χ2n) is 7.25. The van der Waals surface area contributed by atoms with Crippen LogP contribution in [0.2, 0.25) is 0 Å². The largest absolute Gasteiger partial charge is 0.391 e. The lowest BCUT2D eigenvalue weighted by molar-refractivity contribution is -0.132. The van der Waals surface area contributed by atoms with E-state index >= 15 is 0 Å². The number of nitrogens with zero attached hydrogens (tertiary/aromatic N) is 2. The summed E-state index contributed by atoms with van der Waals surface area (Å²) in [5, 5.41) is 10.2. The Morgan fingerprint density at radius 1 is 1.27 bits per heavy atom. The van der Waals surface area contributed by atoms with E-state index in [1.165, 1.54) is 4.88 Å². The van der Waals surface area contributed by atoms with Crippen molar-refractivity contribution >= 4 is 17.2 Å². The van der Waals surface area contributed by atoms with E-state index in [0.717, 1.165) is 31.1 Å². The molecule has 1 aliphatic heterocycles. The van der Waals surface area contributed by atoms with Gasteiger partial charge < -0.3 is 10.0 Å². The number of hydrogen-bond donors (Lipinski definition) is 1. The second kappa shape index (κ2) is 7.11. The molecule has 2 rings (SSSR count). The fourth-order valence-electron chi connectivity index (χ4n) is 2.54. The number of amides is 1. The maximum absolute atomic E-state index is 12.3. The molecule has 1 atom stereocenters. The van der Waals surface area contributed by atoms with Crippen LogP contribution in [-0.2, 0) is 11.2 Å². The highest BCUT2D eigenvalue weighted by Gasteiger charge is 2.27. The molecule has 5 heteroatoms. The van der Waals surface area contributed by atoms with Gasteiger partial charge in [0.25, 0.3) is 0 Å². The second-order valence-corrected chi connectivity index (χ2v) is 8.62. The molecule has 4 nitrogen and oxygen atoms in total. The molecular formula is C17H28N2O2S. The molecule has 1 unspecified atom stereocenters. The standard InChI is InChI=1S/C17H28N2O2S/c1-13-5-6-14(22-13)11-16(21)19-9-7-18(8-10-19)12-15(20)17(2,3)4/h5-6,15,20H,7-12H2,1-4H3. The smallest absolute Gasteiger partial charge is 0.227 e. The first kappa shape index (κ1) is 17.4. The van der Waals surface area contributed by atoms with Gasteiger partial charge in [0.15, 0.2) is 0 Å². The quantitative estimate of drug-likeness (QED) is 0.923. The van der Waals surface area contributed by atoms with Crippen LogP contribution in [0, 0.1) is 12.3 Å². The topological polar surface area (TPSA) is 43.8 Å². The van der Waals surface area contributed by atoms with E-state index in [9.17, 15) is 9.90 Å². The highest BCUT2D eigenvalue weighted by molar-refractivity contribution is 7.12. The first-order valence-corrected chi connectivity index (χ1v) is 8.81. The minimum atomic E-state index is -0.330. The van der Waals surface area contributed by atoms with E-state index in [4.69, 9.17) is 0 Å². The van der Waals surface area contributed by atoms with Gasteiger partial charge in [-0.1, -0.05) is 20.8 Å². The highest BCUT2D eigenvalue weighted by atomic mass is 32.1. The van der Waals surface area contributed by atoms with Crippen LogP contribution < -0.4 is 0 Å². The molecule has 2 heterocycles. The molecule has 1 aromatic heterocycles. The number of piperazine rings is 1. The van der Waals surface area contributed by atoms with Crippen molar-refractivity contribution in [3.63, 3.8) is 0 Å². The zero-order chi connectivity index (χ0) is 16.3. The van der Waals surface area contributed by atoms with Crippen LogP contribution >= 0.6 is 11.3 Å². The summed E-state index contributed by atoms with van der Waals surface area (Å²) in [4.78, 5) is 18.9. The third kappa shape index (κ3) is 4.80. The summed E-state index contributed by atoms with van der Waals surface area (Å²) in [7, 11) is 0. The Hall–Kier alpha value is -0.910. The molecular weight excluding hydrogens is 296 g/mol. The summed E-state index contributed by atoms with van der Waals surface area (Å²) in [6, 6.07) is 4.12. The molecule has 0 radical (unpaired) electrons. The summed E-state index contributed by atoms with van der Waals surface area (Å²) in [5.74, 6) is 0.220. The summed E-state index contributed by atoms with van der Waals surface area (Å²) in [6.45, 7) is 12.2. The minimum Gasteiger partial charge on any atom is -0.391 e. The lowest BCUT2D eigenvalue weighted by Gasteiger charge is -2.38. The first-order chi connectivity index (χ1) is 10.3. The number of β-amino-alcohol motifs (C(OH)–C–C–N with tert-alkyl or cyclic N) is 1. The zero-order valence-corrected chi connectivity index (χ0v) is 14.9. The van der Waals surface area contributed by atoms with Crippen molar-refractivity contribution in [2.75, 3.05) is 32.7 Å². The van der Waals surface area contributed by atoms with Gasteiger partial charge in [0.1, 0.15) is 0 Å². The van der Waals surface area contributed by atoms with E-state index in [1.54, 1.807) is 11.3 Å². The molecule has 1 N–H and O–H groups in total. The van der Waals surface area contributed by atoms with Crippen LogP contribution in [0.4, 0.5) is 0 Å². The van der Waals surface area contributed by atoms with Crippen molar-refractivity contribution in [2.45, 2.75) is 40.2 Å². The molecule has 124 valence electrons. The average Bonchev–Trinajstić information content (AvgIpc) is 2.83. The third-order valence-electron chi connectivity index (χ3n) is 4.28. The van der Waals surface area contributed by atoms with E-state index < -0.39 is 0 Å². The summed E-state index contributed by atoms with van der Waals surface area (Å²) in [6.07, 6.45) is 0.187. The molecule has 0 aliphatic carbocycles. The number of hydrogen-bond acceptors (Lipinski definition) is 4. The fourth-order valence-corrected chi connectivity index (χ4v) is 3.42. The van der Waals surface area contributed by atoms with Crippen LogP contribution in [0.15, 0.2) is 12.1 Å². The Balaban J connectivity index is 1.78. The Morgan fingerprint density at radius 3 is 2.41 bits per heavy atom. The minimum absolute atomic E-state index is 0.0933. The fraction of sp³-hybridized carbons (Fsp3) is 0.706. The predicted octanol–water partition coefficient (Wildman–Crippen LogP) is 2.15. The Kier molecular flexibility index (Phi) is 5.64. The lowest BCUT2D eigenvalue weighted by atomic mass is 9.89. The molecule has 22 heavy (non-hydrogen) atoms. The van der Waals surface area contributed by atoms with E-state index in [1.807, 2.05) is 11.0 Å². The highest BCUT2D eigenvalue weighted by Crippen LogP contribution is 2.21. The van der Waals surface area contributed by atoms with Crippen LogP contribution in [0.5, 0.6) is 0 Å². The van der Waals surface area contributed by atoms with Crippen molar-refractivity contribution in [1.82, 2.24) is 9.80 Å². The molecule has 1 fully saturated rings. The average molecular weight is 324 g/mol. The van der Waals surface area contributed by atoms with Gasteiger partial charge in [-0.25, -0.2) is 0 Å². The van der Waals surface area contributed by atoms with Gasteiger partial charge >= 0.3 is 0 Å². The van der Waals surface area contributed by atoms with Crippen LogP contribution in [0.3, 0.4) is 0 Å². The van der Waals surface area contributed by atoms with Crippen molar-refractivity contribution in [2.24, 2.45) is 5.41 Å². The van der Waals surface area contributed by atoms with Crippen LogP contribution in [0.25, 0.3) is 0 Å². The first-order valence-electron chi connectivity index (χ1n) is 7.99. The number of carbonyl (C=O) groups excluding carboxylic acids is 1. The molecule has 0 spiro atoms. The Labute approximate surface area is 137 Å². The Morgan fingerprint density at radius 2 is 1.91 bits per heavy atom. The summed E-state index contributed by atoms with van der Waals surface area (Å²) in [5.41, 5.74) is -0.0933.